The topological polar surface area (TPSA) is 45.2 Å². The van der Waals surface area contributed by atoms with Gasteiger partial charge in [-0.3, -0.25) is 4.79 Å². The zero-order chi connectivity index (χ0) is 18.4. The first-order chi connectivity index (χ1) is 11.9. The Balaban J connectivity index is 2.19. The first-order valence-corrected chi connectivity index (χ1v) is 8.00. The highest BCUT2D eigenvalue weighted by atomic mass is 19.4. The first kappa shape index (κ1) is 18.8. The highest BCUT2D eigenvalue weighted by Crippen LogP contribution is 2.32. The van der Waals surface area contributed by atoms with Crippen LogP contribution in [0.1, 0.15) is 35.8 Å². The molecule has 0 aliphatic heterocycles. The number of benzene rings is 1. The highest BCUT2D eigenvalue weighted by Gasteiger charge is 2.41. The Hall–Kier alpha value is -2.57. The van der Waals surface area contributed by atoms with Crippen LogP contribution in [0.2, 0.25) is 0 Å². The molecule has 1 heterocycles. The van der Waals surface area contributed by atoms with E-state index in [1.807, 2.05) is 24.1 Å². The lowest BCUT2D eigenvalue weighted by Crippen LogP contribution is -2.38. The molecule has 0 aliphatic carbocycles. The van der Waals surface area contributed by atoms with Crippen LogP contribution in [0.5, 0.6) is 0 Å². The van der Waals surface area contributed by atoms with Crippen LogP contribution in [0.25, 0.3) is 0 Å². The van der Waals surface area contributed by atoms with Crippen LogP contribution in [0, 0.1) is 0 Å². The SMILES string of the molecule is CCN(CC)c1ccc(C(=O)N[C@H](c2ccccc2)C(F)(F)F)cn1. The molecule has 1 atom stereocenters. The van der Waals surface area contributed by atoms with Gasteiger partial charge in [-0.25, -0.2) is 4.98 Å². The fourth-order valence-corrected chi connectivity index (χ4v) is 2.47. The average molecular weight is 351 g/mol. The summed E-state index contributed by atoms with van der Waals surface area (Å²) >= 11 is 0. The summed E-state index contributed by atoms with van der Waals surface area (Å²) in [5.74, 6) is -0.137. The molecule has 0 radical (unpaired) electrons. The van der Waals surface area contributed by atoms with Gasteiger partial charge in [-0.1, -0.05) is 30.3 Å². The quantitative estimate of drug-likeness (QED) is 0.857. The zero-order valence-corrected chi connectivity index (χ0v) is 14.0. The molecule has 0 spiro atoms. The lowest BCUT2D eigenvalue weighted by atomic mass is 10.1. The Kier molecular flexibility index (Phi) is 6.01. The molecule has 4 nitrogen and oxygen atoms in total. The Morgan fingerprint density at radius 2 is 1.76 bits per heavy atom. The van der Waals surface area contributed by atoms with Gasteiger partial charge in [0.05, 0.1) is 5.56 Å². The minimum Gasteiger partial charge on any atom is -0.357 e. The van der Waals surface area contributed by atoms with Crippen molar-refractivity contribution in [2.75, 3.05) is 18.0 Å². The maximum Gasteiger partial charge on any atom is 0.412 e. The highest BCUT2D eigenvalue weighted by molar-refractivity contribution is 5.94. The smallest absolute Gasteiger partial charge is 0.357 e. The summed E-state index contributed by atoms with van der Waals surface area (Å²) in [4.78, 5) is 18.4. The van der Waals surface area contributed by atoms with Crippen molar-refractivity contribution < 1.29 is 18.0 Å². The van der Waals surface area contributed by atoms with Crippen LogP contribution in [0.4, 0.5) is 19.0 Å². The standard InChI is InChI=1S/C18H20F3N3O/c1-3-24(4-2)15-11-10-14(12-22-15)17(25)23-16(18(19,20)21)13-8-6-5-7-9-13/h5-12,16H,3-4H2,1-2H3,(H,23,25)/t16-/m1/s1. The summed E-state index contributed by atoms with van der Waals surface area (Å²) in [7, 11) is 0. The number of hydrogen-bond acceptors (Lipinski definition) is 3. The van der Waals surface area contributed by atoms with Gasteiger partial charge in [0, 0.05) is 19.3 Å². The van der Waals surface area contributed by atoms with Crippen LogP contribution in [0.3, 0.4) is 0 Å². The number of aromatic nitrogens is 1. The molecule has 1 amide bonds. The summed E-state index contributed by atoms with van der Waals surface area (Å²) < 4.78 is 39.9. The molecule has 2 rings (SSSR count). The number of nitrogens with zero attached hydrogens (tertiary/aromatic N) is 2. The van der Waals surface area contributed by atoms with E-state index in [1.165, 1.54) is 36.5 Å². The van der Waals surface area contributed by atoms with E-state index in [1.54, 1.807) is 12.1 Å². The number of alkyl halides is 3. The molecule has 134 valence electrons. The molecule has 1 aromatic carbocycles. The van der Waals surface area contributed by atoms with Gasteiger partial charge in [-0.2, -0.15) is 13.2 Å². The third-order valence-electron chi connectivity index (χ3n) is 3.83. The van der Waals surface area contributed by atoms with Crippen LogP contribution in [-0.2, 0) is 0 Å². The van der Waals surface area contributed by atoms with E-state index in [4.69, 9.17) is 0 Å². The summed E-state index contributed by atoms with van der Waals surface area (Å²) in [6, 6.07) is 8.33. The molecular formula is C18H20F3N3O. The third kappa shape index (κ3) is 4.71. The van der Waals surface area contributed by atoms with E-state index in [2.05, 4.69) is 4.98 Å². The van der Waals surface area contributed by atoms with Crippen molar-refractivity contribution in [3.05, 3.63) is 59.8 Å². The summed E-state index contributed by atoms with van der Waals surface area (Å²) in [5, 5.41) is 2.05. The number of amides is 1. The lowest BCUT2D eigenvalue weighted by molar-refractivity contribution is -0.155. The van der Waals surface area contributed by atoms with Crippen molar-refractivity contribution in [2.24, 2.45) is 0 Å². The fraction of sp³-hybridized carbons (Fsp3) is 0.333. The third-order valence-corrected chi connectivity index (χ3v) is 3.83. The van der Waals surface area contributed by atoms with Crippen molar-refractivity contribution in [3.63, 3.8) is 0 Å². The number of hydrogen-bond donors (Lipinski definition) is 1. The Morgan fingerprint density at radius 1 is 1.12 bits per heavy atom. The zero-order valence-electron chi connectivity index (χ0n) is 14.0. The van der Waals surface area contributed by atoms with Crippen molar-refractivity contribution in [1.29, 1.82) is 0 Å². The molecule has 1 aromatic heterocycles. The number of pyridine rings is 1. The molecular weight excluding hydrogens is 331 g/mol. The van der Waals surface area contributed by atoms with Gasteiger partial charge in [-0.05, 0) is 31.5 Å². The summed E-state index contributed by atoms with van der Waals surface area (Å²) in [5.41, 5.74) is 0.0668. The predicted molar refractivity (Wildman–Crippen MR) is 90.5 cm³/mol. The largest absolute Gasteiger partial charge is 0.412 e. The van der Waals surface area contributed by atoms with Gasteiger partial charge in [-0.15, -0.1) is 0 Å². The number of carbonyl (C=O) groups excluding carboxylic acids is 1. The molecule has 2 aromatic rings. The normalized spacial score (nSPS) is 12.5. The number of nitrogens with one attached hydrogen (secondary N) is 1. The van der Waals surface area contributed by atoms with Crippen molar-refractivity contribution in [3.8, 4) is 0 Å². The van der Waals surface area contributed by atoms with E-state index in [0.29, 0.717) is 5.82 Å². The van der Waals surface area contributed by atoms with Crippen molar-refractivity contribution in [2.45, 2.75) is 26.1 Å². The van der Waals surface area contributed by atoms with E-state index in [-0.39, 0.29) is 11.1 Å². The second-order valence-corrected chi connectivity index (χ2v) is 5.44. The van der Waals surface area contributed by atoms with Gasteiger partial charge in [0.15, 0.2) is 6.04 Å². The minimum absolute atomic E-state index is 0.0175. The van der Waals surface area contributed by atoms with E-state index in [0.717, 1.165) is 13.1 Å². The molecule has 0 saturated carbocycles. The maximum atomic E-state index is 13.3. The van der Waals surface area contributed by atoms with Crippen LogP contribution < -0.4 is 10.2 Å². The van der Waals surface area contributed by atoms with Crippen molar-refractivity contribution >= 4 is 11.7 Å². The number of rotatable bonds is 6. The molecule has 7 heteroatoms. The van der Waals surface area contributed by atoms with Crippen LogP contribution in [-0.4, -0.2) is 30.2 Å². The Morgan fingerprint density at radius 3 is 2.24 bits per heavy atom. The molecule has 0 fully saturated rings. The van der Waals surface area contributed by atoms with Gasteiger partial charge >= 0.3 is 6.18 Å². The molecule has 0 saturated heterocycles. The van der Waals surface area contributed by atoms with Gasteiger partial charge in [0.25, 0.3) is 5.91 Å². The Labute approximate surface area is 144 Å². The molecule has 0 unspecified atom stereocenters. The summed E-state index contributed by atoms with van der Waals surface area (Å²) in [6.07, 6.45) is -3.30. The molecule has 1 N–H and O–H groups in total. The fourth-order valence-electron chi connectivity index (χ4n) is 2.47. The van der Waals surface area contributed by atoms with E-state index < -0.39 is 18.1 Å². The van der Waals surface area contributed by atoms with E-state index >= 15 is 0 Å². The van der Waals surface area contributed by atoms with Crippen LogP contribution in [0.15, 0.2) is 48.7 Å². The minimum atomic E-state index is -4.59. The maximum absolute atomic E-state index is 13.3. The lowest BCUT2D eigenvalue weighted by Gasteiger charge is -2.22. The van der Waals surface area contributed by atoms with Gasteiger partial charge in [0.2, 0.25) is 0 Å². The second kappa shape index (κ2) is 8.00. The Bertz CT molecular complexity index is 683. The van der Waals surface area contributed by atoms with Gasteiger partial charge in [0.1, 0.15) is 5.82 Å². The molecule has 0 aliphatic rings. The number of carbonyl (C=O) groups is 1. The summed E-state index contributed by atoms with van der Waals surface area (Å²) in [6.45, 7) is 5.44. The predicted octanol–water partition coefficient (Wildman–Crippen LogP) is 3.96. The second-order valence-electron chi connectivity index (χ2n) is 5.44. The van der Waals surface area contributed by atoms with Crippen LogP contribution >= 0.6 is 0 Å². The molecule has 0 bridgehead atoms. The molecule has 25 heavy (non-hydrogen) atoms. The number of halogens is 3. The first-order valence-electron chi connectivity index (χ1n) is 8.00. The van der Waals surface area contributed by atoms with Crippen molar-refractivity contribution in [1.82, 2.24) is 10.3 Å². The number of anilines is 1. The van der Waals surface area contributed by atoms with E-state index in [9.17, 15) is 18.0 Å². The van der Waals surface area contributed by atoms with Gasteiger partial charge < -0.3 is 10.2 Å². The average Bonchev–Trinajstić information content (AvgIpc) is 2.61. The monoisotopic (exact) mass is 351 g/mol.